The first-order chi connectivity index (χ1) is 8.96. The average Bonchev–Trinajstić information content (AvgIpc) is 2.34. The number of isocyanates is 1. The van der Waals surface area contributed by atoms with Crippen molar-refractivity contribution >= 4 is 23.8 Å². The maximum atomic E-state index is 11.0. The predicted octanol–water partition coefficient (Wildman–Crippen LogP) is 1.48. The van der Waals surface area contributed by atoms with Crippen LogP contribution in [0.2, 0.25) is 0 Å². The van der Waals surface area contributed by atoms with Crippen LogP contribution >= 0.6 is 0 Å². The number of para-hydroxylation sites is 1. The van der Waals surface area contributed by atoms with Gasteiger partial charge in [0.25, 0.3) is 0 Å². The molecule has 0 spiro atoms. The van der Waals surface area contributed by atoms with Gasteiger partial charge in [-0.25, -0.2) is 19.8 Å². The highest BCUT2D eigenvalue weighted by atomic mass is 16.5. The minimum Gasteiger partial charge on any atom is -0.421 e. The number of carbonyl (C=O) groups is 2. The number of esters is 1. The van der Waals surface area contributed by atoms with E-state index in [1.165, 1.54) is 0 Å². The highest BCUT2D eigenvalue weighted by Crippen LogP contribution is 2.27. The van der Waals surface area contributed by atoms with Crippen LogP contribution in [0.4, 0.5) is 10.5 Å². The third kappa shape index (κ3) is 5.81. The van der Waals surface area contributed by atoms with Crippen LogP contribution in [0.25, 0.3) is 0 Å². The van der Waals surface area contributed by atoms with E-state index in [0.29, 0.717) is 5.69 Å². The van der Waals surface area contributed by atoms with Crippen LogP contribution in [0.15, 0.2) is 30.9 Å². The summed E-state index contributed by atoms with van der Waals surface area (Å²) in [5.74, 6) is -0.359. The first-order valence-electron chi connectivity index (χ1n) is 5.00. The third-order valence-corrected chi connectivity index (χ3v) is 1.86. The number of nitrogens with two attached hydrogens (primary N) is 1. The molecule has 0 aliphatic carbocycles. The van der Waals surface area contributed by atoms with Crippen LogP contribution in [0, 0.1) is 12.3 Å². The van der Waals surface area contributed by atoms with Crippen molar-refractivity contribution in [3.8, 4) is 5.75 Å². The second-order valence-electron chi connectivity index (χ2n) is 3.16. The molecule has 4 N–H and O–H groups in total. The average molecular weight is 263 g/mol. The molecular formula is C12H13N3O4. The fraction of sp³-hybridized carbons (Fsp3) is 0.0833. The number of hydrogen-bond donors (Lipinski definition) is 3. The second-order valence-corrected chi connectivity index (χ2v) is 3.16. The molecule has 0 unspecified atom stereocenters. The first kappa shape index (κ1) is 16.1. The molecule has 0 atom stereocenters. The standard InChI is InChI=1S/C11H12N2O3.CHNO/c1-3-9(14)16-8-6-4-5-7(2)10(8)13-11(12)15;2-1-3/h3-6H,1H2,2H3,(H3,12,13,15);2H. The lowest BCUT2D eigenvalue weighted by Crippen LogP contribution is -2.21. The number of hydrogen-bond acceptors (Lipinski definition) is 5. The Hall–Kier alpha value is -2.92. The summed E-state index contributed by atoms with van der Waals surface area (Å²) in [6, 6.07) is 4.30. The van der Waals surface area contributed by atoms with E-state index in [4.69, 9.17) is 20.7 Å². The molecular weight excluding hydrogens is 250 g/mol. The first-order valence-corrected chi connectivity index (χ1v) is 5.00. The number of nitrogens with one attached hydrogen (secondary N) is 2. The normalized spacial score (nSPS) is 8.26. The Balaban J connectivity index is 0.000000982. The number of benzene rings is 1. The monoisotopic (exact) mass is 263 g/mol. The SMILES string of the molecule is C=CC(=O)Oc1cccc(C)c1NC(N)=O.N=C=O. The van der Waals surface area contributed by atoms with Gasteiger partial charge < -0.3 is 15.8 Å². The molecule has 100 valence electrons. The van der Waals surface area contributed by atoms with Crippen molar-refractivity contribution in [1.29, 1.82) is 5.41 Å². The Kier molecular flexibility index (Phi) is 6.95. The highest BCUT2D eigenvalue weighted by Gasteiger charge is 2.10. The summed E-state index contributed by atoms with van der Waals surface area (Å²) in [7, 11) is 0. The Morgan fingerprint density at radius 1 is 1.53 bits per heavy atom. The number of aryl methyl sites for hydroxylation is 1. The molecule has 0 fully saturated rings. The number of urea groups is 1. The molecule has 0 saturated heterocycles. The number of anilines is 1. The zero-order valence-electron chi connectivity index (χ0n) is 10.2. The zero-order chi connectivity index (χ0) is 14.8. The fourth-order valence-electron chi connectivity index (χ4n) is 1.16. The van der Waals surface area contributed by atoms with Crippen molar-refractivity contribution in [2.75, 3.05) is 5.32 Å². The summed E-state index contributed by atoms with van der Waals surface area (Å²) in [6.07, 6.45) is 1.79. The molecule has 0 saturated carbocycles. The molecule has 0 aliphatic rings. The number of amides is 2. The van der Waals surface area contributed by atoms with Gasteiger partial charge in [0.1, 0.15) is 0 Å². The summed E-state index contributed by atoms with van der Waals surface area (Å²) < 4.78 is 4.95. The van der Waals surface area contributed by atoms with Crippen LogP contribution in [0.5, 0.6) is 5.75 Å². The molecule has 0 aromatic heterocycles. The van der Waals surface area contributed by atoms with E-state index in [1.54, 1.807) is 25.1 Å². The second kappa shape index (κ2) is 8.21. The topological polar surface area (TPSA) is 122 Å². The van der Waals surface area contributed by atoms with Crippen LogP contribution < -0.4 is 15.8 Å². The van der Waals surface area contributed by atoms with Crippen LogP contribution in [0.1, 0.15) is 5.56 Å². The largest absolute Gasteiger partial charge is 0.421 e. The molecule has 1 aromatic carbocycles. The predicted molar refractivity (Wildman–Crippen MR) is 68.6 cm³/mol. The van der Waals surface area contributed by atoms with Crippen LogP contribution in [-0.2, 0) is 9.59 Å². The van der Waals surface area contributed by atoms with Crippen molar-refractivity contribution in [3.05, 3.63) is 36.4 Å². The lowest BCUT2D eigenvalue weighted by Gasteiger charge is -2.11. The summed E-state index contributed by atoms with van der Waals surface area (Å²) >= 11 is 0. The minimum atomic E-state index is -0.717. The van der Waals surface area contributed by atoms with E-state index in [1.807, 2.05) is 0 Å². The summed E-state index contributed by atoms with van der Waals surface area (Å²) in [4.78, 5) is 30.2. The number of rotatable bonds is 3. The quantitative estimate of drug-likeness (QED) is 0.251. The van der Waals surface area contributed by atoms with Crippen molar-refractivity contribution in [2.45, 2.75) is 6.92 Å². The summed E-state index contributed by atoms with van der Waals surface area (Å²) in [5.41, 5.74) is 6.14. The lowest BCUT2D eigenvalue weighted by atomic mass is 10.2. The van der Waals surface area contributed by atoms with Crippen molar-refractivity contribution in [3.63, 3.8) is 0 Å². The van der Waals surface area contributed by atoms with E-state index in [9.17, 15) is 9.59 Å². The van der Waals surface area contributed by atoms with Gasteiger partial charge in [0.2, 0.25) is 6.08 Å². The summed E-state index contributed by atoms with van der Waals surface area (Å²) in [6.45, 7) is 5.04. The van der Waals surface area contributed by atoms with E-state index in [0.717, 1.165) is 17.7 Å². The molecule has 0 heterocycles. The molecule has 0 aliphatic heterocycles. The van der Waals surface area contributed by atoms with E-state index >= 15 is 0 Å². The van der Waals surface area contributed by atoms with Gasteiger partial charge in [-0.15, -0.1) is 0 Å². The molecule has 7 heteroatoms. The maximum Gasteiger partial charge on any atom is 0.335 e. The zero-order valence-corrected chi connectivity index (χ0v) is 10.2. The highest BCUT2D eigenvalue weighted by molar-refractivity contribution is 5.92. The van der Waals surface area contributed by atoms with Gasteiger partial charge in [0, 0.05) is 6.08 Å². The number of carbonyl (C=O) groups excluding carboxylic acids is 3. The van der Waals surface area contributed by atoms with Gasteiger partial charge in [-0.05, 0) is 18.6 Å². The van der Waals surface area contributed by atoms with Gasteiger partial charge in [-0.2, -0.15) is 0 Å². The van der Waals surface area contributed by atoms with Gasteiger partial charge in [0.05, 0.1) is 5.69 Å². The smallest absolute Gasteiger partial charge is 0.335 e. The Bertz CT molecular complexity index is 520. The maximum absolute atomic E-state index is 11.0. The fourth-order valence-corrected chi connectivity index (χ4v) is 1.16. The molecule has 0 bridgehead atoms. The van der Waals surface area contributed by atoms with Crippen molar-refractivity contribution in [1.82, 2.24) is 0 Å². The third-order valence-electron chi connectivity index (χ3n) is 1.86. The van der Waals surface area contributed by atoms with E-state index < -0.39 is 12.0 Å². The van der Waals surface area contributed by atoms with E-state index in [-0.39, 0.29) is 5.75 Å². The van der Waals surface area contributed by atoms with Gasteiger partial charge in [-0.1, -0.05) is 18.7 Å². The Labute approximate surface area is 109 Å². The van der Waals surface area contributed by atoms with Gasteiger partial charge in [0.15, 0.2) is 5.75 Å². The molecule has 2 amide bonds. The van der Waals surface area contributed by atoms with E-state index in [2.05, 4.69) is 11.9 Å². The molecule has 19 heavy (non-hydrogen) atoms. The Morgan fingerprint density at radius 2 is 2.11 bits per heavy atom. The molecule has 7 nitrogen and oxygen atoms in total. The van der Waals surface area contributed by atoms with Crippen molar-refractivity contribution in [2.24, 2.45) is 5.73 Å². The van der Waals surface area contributed by atoms with Crippen LogP contribution in [-0.4, -0.2) is 18.1 Å². The van der Waals surface area contributed by atoms with Crippen molar-refractivity contribution < 1.29 is 19.1 Å². The van der Waals surface area contributed by atoms with Gasteiger partial charge >= 0.3 is 12.0 Å². The Morgan fingerprint density at radius 3 is 2.58 bits per heavy atom. The van der Waals surface area contributed by atoms with Gasteiger partial charge in [-0.3, -0.25) is 0 Å². The summed E-state index contributed by atoms with van der Waals surface area (Å²) in [5, 5.41) is 7.80. The number of ether oxygens (including phenoxy) is 1. The number of primary amides is 1. The molecule has 1 rings (SSSR count). The minimum absolute atomic E-state index is 0.240. The lowest BCUT2D eigenvalue weighted by molar-refractivity contribution is -0.128. The molecule has 0 radical (unpaired) electrons. The molecule has 1 aromatic rings. The van der Waals surface area contributed by atoms with Crippen LogP contribution in [0.3, 0.4) is 0 Å².